The Labute approximate surface area is 129 Å². The molecule has 1 aromatic heterocycles. The molecule has 0 radical (unpaired) electrons. The Balaban J connectivity index is 2.23. The van der Waals surface area contributed by atoms with E-state index < -0.39 is 0 Å². The van der Waals surface area contributed by atoms with Crippen molar-refractivity contribution in [1.82, 2.24) is 4.98 Å². The van der Waals surface area contributed by atoms with E-state index in [9.17, 15) is 4.79 Å². The highest BCUT2D eigenvalue weighted by molar-refractivity contribution is 7.16. The van der Waals surface area contributed by atoms with Gasteiger partial charge in [0, 0.05) is 17.0 Å². The molecular formula is C16H20N2O2S. The second kappa shape index (κ2) is 7.78. The van der Waals surface area contributed by atoms with Crippen molar-refractivity contribution in [2.24, 2.45) is 0 Å². The molecule has 0 amide bonds. The van der Waals surface area contributed by atoms with Crippen molar-refractivity contribution in [1.29, 1.82) is 0 Å². The highest BCUT2D eigenvalue weighted by Crippen LogP contribution is 2.32. The van der Waals surface area contributed by atoms with Crippen LogP contribution < -0.4 is 5.32 Å². The first-order valence-electron chi connectivity index (χ1n) is 7.10. The van der Waals surface area contributed by atoms with Gasteiger partial charge in [-0.3, -0.25) is 4.79 Å². The molecule has 0 fully saturated rings. The van der Waals surface area contributed by atoms with Crippen LogP contribution in [0, 0.1) is 0 Å². The zero-order chi connectivity index (χ0) is 15.1. The van der Waals surface area contributed by atoms with Crippen LogP contribution in [-0.2, 0) is 16.0 Å². The van der Waals surface area contributed by atoms with E-state index in [2.05, 4.69) is 17.2 Å². The third-order valence-electron chi connectivity index (χ3n) is 3.05. The number of thiazole rings is 1. The van der Waals surface area contributed by atoms with E-state index in [1.807, 2.05) is 30.3 Å². The zero-order valence-electron chi connectivity index (χ0n) is 12.4. The molecule has 5 heteroatoms. The number of benzene rings is 1. The number of carbonyl (C=O) groups is 1. The highest BCUT2D eigenvalue weighted by Gasteiger charge is 2.14. The lowest BCUT2D eigenvalue weighted by Crippen LogP contribution is -2.01. The molecule has 0 bridgehead atoms. The van der Waals surface area contributed by atoms with Gasteiger partial charge < -0.3 is 10.1 Å². The van der Waals surface area contributed by atoms with Crippen molar-refractivity contribution in [3.05, 3.63) is 35.2 Å². The summed E-state index contributed by atoms with van der Waals surface area (Å²) in [6.45, 7) is 3.02. The summed E-state index contributed by atoms with van der Waals surface area (Å²) >= 11 is 1.62. The Kier molecular flexibility index (Phi) is 5.75. The largest absolute Gasteiger partial charge is 0.469 e. The number of rotatable bonds is 7. The second-order valence-electron chi connectivity index (χ2n) is 4.66. The number of hydrogen-bond acceptors (Lipinski definition) is 5. The minimum absolute atomic E-state index is 0.189. The van der Waals surface area contributed by atoms with Gasteiger partial charge in [-0.1, -0.05) is 37.3 Å². The van der Waals surface area contributed by atoms with E-state index in [0.717, 1.165) is 34.2 Å². The average Bonchev–Trinajstić information content (AvgIpc) is 2.94. The molecule has 0 saturated carbocycles. The molecule has 0 aliphatic heterocycles. The predicted molar refractivity (Wildman–Crippen MR) is 86.7 cm³/mol. The minimum atomic E-state index is -0.189. The lowest BCUT2D eigenvalue weighted by molar-refractivity contribution is -0.140. The maximum Gasteiger partial charge on any atom is 0.305 e. The Hall–Kier alpha value is -1.88. The summed E-state index contributed by atoms with van der Waals surface area (Å²) in [7, 11) is 1.42. The van der Waals surface area contributed by atoms with Crippen LogP contribution in [0.1, 0.15) is 24.6 Å². The molecule has 0 aliphatic rings. The third kappa shape index (κ3) is 4.29. The van der Waals surface area contributed by atoms with Crippen LogP contribution in [0.2, 0.25) is 0 Å². The molecule has 112 valence electrons. The zero-order valence-corrected chi connectivity index (χ0v) is 13.2. The van der Waals surface area contributed by atoms with Gasteiger partial charge in [0.2, 0.25) is 0 Å². The molecule has 1 aromatic carbocycles. The third-order valence-corrected chi connectivity index (χ3v) is 4.13. The summed E-state index contributed by atoms with van der Waals surface area (Å²) in [6.07, 6.45) is 2.09. The molecule has 2 rings (SSSR count). The number of nitrogens with one attached hydrogen (secondary N) is 1. The number of aryl methyl sites for hydroxylation is 1. The number of carbonyl (C=O) groups excluding carboxylic acids is 1. The van der Waals surface area contributed by atoms with Crippen LogP contribution in [0.5, 0.6) is 0 Å². The van der Waals surface area contributed by atoms with Gasteiger partial charge in [-0.2, -0.15) is 0 Å². The van der Waals surface area contributed by atoms with Crippen LogP contribution in [0.25, 0.3) is 11.3 Å². The number of hydrogen-bond donors (Lipinski definition) is 1. The summed E-state index contributed by atoms with van der Waals surface area (Å²) in [4.78, 5) is 17.2. The number of aromatic nitrogens is 1. The smallest absolute Gasteiger partial charge is 0.305 e. The summed E-state index contributed by atoms with van der Waals surface area (Å²) in [5.41, 5.74) is 2.04. The maximum atomic E-state index is 11.4. The van der Waals surface area contributed by atoms with Crippen molar-refractivity contribution in [3.8, 4) is 11.3 Å². The fraction of sp³-hybridized carbons (Fsp3) is 0.375. The van der Waals surface area contributed by atoms with Crippen LogP contribution in [0.4, 0.5) is 5.13 Å². The van der Waals surface area contributed by atoms with E-state index >= 15 is 0 Å². The highest BCUT2D eigenvalue weighted by atomic mass is 32.1. The lowest BCUT2D eigenvalue weighted by atomic mass is 10.1. The first-order chi connectivity index (χ1) is 10.2. The first-order valence-corrected chi connectivity index (χ1v) is 7.92. The van der Waals surface area contributed by atoms with Crippen molar-refractivity contribution in [3.63, 3.8) is 0 Å². The Morgan fingerprint density at radius 1 is 1.33 bits per heavy atom. The van der Waals surface area contributed by atoms with Crippen molar-refractivity contribution < 1.29 is 9.53 Å². The lowest BCUT2D eigenvalue weighted by Gasteiger charge is -2.01. The predicted octanol–water partition coefficient (Wildman–Crippen LogP) is 3.74. The second-order valence-corrected chi connectivity index (χ2v) is 5.74. The number of esters is 1. The molecule has 0 saturated heterocycles. The topological polar surface area (TPSA) is 51.2 Å². The van der Waals surface area contributed by atoms with Crippen molar-refractivity contribution in [2.75, 3.05) is 19.0 Å². The molecule has 0 atom stereocenters. The summed E-state index contributed by atoms with van der Waals surface area (Å²) in [5.74, 6) is -0.189. The van der Waals surface area contributed by atoms with Crippen LogP contribution in [0.15, 0.2) is 30.3 Å². The van der Waals surface area contributed by atoms with Gasteiger partial charge in [0.15, 0.2) is 5.13 Å². The van der Waals surface area contributed by atoms with Gasteiger partial charge in [0.25, 0.3) is 0 Å². The molecule has 21 heavy (non-hydrogen) atoms. The maximum absolute atomic E-state index is 11.4. The summed E-state index contributed by atoms with van der Waals surface area (Å²) in [6, 6.07) is 10.1. The Bertz CT molecular complexity index is 581. The number of anilines is 1. The fourth-order valence-electron chi connectivity index (χ4n) is 1.97. The standard InChI is InChI=1S/C16H20N2O2S/c1-3-11-17-16-18-15(12-7-5-4-6-8-12)13(21-16)9-10-14(19)20-2/h4-8H,3,9-11H2,1-2H3,(H,17,18). The summed E-state index contributed by atoms with van der Waals surface area (Å²) in [5, 5.41) is 4.23. The van der Waals surface area contributed by atoms with Crippen LogP contribution in [-0.4, -0.2) is 24.6 Å². The minimum Gasteiger partial charge on any atom is -0.469 e. The van der Waals surface area contributed by atoms with Gasteiger partial charge in [-0.15, -0.1) is 11.3 Å². The van der Waals surface area contributed by atoms with Crippen LogP contribution >= 0.6 is 11.3 Å². The van der Waals surface area contributed by atoms with Crippen molar-refractivity contribution in [2.45, 2.75) is 26.2 Å². The molecule has 0 aliphatic carbocycles. The average molecular weight is 304 g/mol. The monoisotopic (exact) mass is 304 g/mol. The van der Waals surface area contributed by atoms with E-state index in [-0.39, 0.29) is 5.97 Å². The SMILES string of the molecule is CCCNc1nc(-c2ccccc2)c(CCC(=O)OC)s1. The number of ether oxygens (including phenoxy) is 1. The summed E-state index contributed by atoms with van der Waals surface area (Å²) < 4.78 is 4.72. The van der Waals surface area contributed by atoms with E-state index in [1.54, 1.807) is 11.3 Å². The Morgan fingerprint density at radius 3 is 2.76 bits per heavy atom. The van der Waals surface area contributed by atoms with Gasteiger partial charge in [0.1, 0.15) is 0 Å². The van der Waals surface area contributed by atoms with Crippen molar-refractivity contribution >= 4 is 22.4 Å². The molecular weight excluding hydrogens is 284 g/mol. The fourth-order valence-corrected chi connectivity index (χ4v) is 2.98. The van der Waals surface area contributed by atoms with Gasteiger partial charge in [0.05, 0.1) is 19.2 Å². The molecule has 0 unspecified atom stereocenters. The molecule has 2 aromatic rings. The molecule has 0 spiro atoms. The van der Waals surface area contributed by atoms with E-state index in [0.29, 0.717) is 12.8 Å². The molecule has 4 nitrogen and oxygen atoms in total. The van der Waals surface area contributed by atoms with E-state index in [1.165, 1.54) is 7.11 Å². The first kappa shape index (κ1) is 15.5. The molecule has 1 heterocycles. The quantitative estimate of drug-likeness (QED) is 0.792. The number of nitrogens with zero attached hydrogens (tertiary/aromatic N) is 1. The molecule has 1 N–H and O–H groups in total. The number of methoxy groups -OCH3 is 1. The van der Waals surface area contributed by atoms with Crippen LogP contribution in [0.3, 0.4) is 0 Å². The van der Waals surface area contributed by atoms with E-state index in [4.69, 9.17) is 4.74 Å². The Morgan fingerprint density at radius 2 is 2.10 bits per heavy atom. The van der Waals surface area contributed by atoms with Gasteiger partial charge >= 0.3 is 5.97 Å². The van der Waals surface area contributed by atoms with Gasteiger partial charge in [-0.25, -0.2) is 4.98 Å². The van der Waals surface area contributed by atoms with Gasteiger partial charge in [-0.05, 0) is 12.8 Å². The normalized spacial score (nSPS) is 10.4.